The molecule has 0 bridgehead atoms. The first-order chi connectivity index (χ1) is 16.9. The number of rotatable bonds is 8. The second kappa shape index (κ2) is 9.49. The van der Waals surface area contributed by atoms with E-state index in [2.05, 4.69) is 15.6 Å². The third-order valence-corrected chi connectivity index (χ3v) is 7.39. The smallest absolute Gasteiger partial charge is 0.241 e. The summed E-state index contributed by atoms with van der Waals surface area (Å²) in [6.07, 6.45) is 7.77. The number of benzene rings is 2. The molecule has 0 radical (unpaired) electrons. The molecule has 1 saturated heterocycles. The van der Waals surface area contributed by atoms with E-state index in [9.17, 15) is 14.3 Å². The van der Waals surface area contributed by atoms with Crippen molar-refractivity contribution in [2.75, 3.05) is 11.9 Å². The fraction of sp³-hybridized carbons (Fsp3) is 0.357. The molecule has 2 aliphatic rings. The Bertz CT molecular complexity index is 1190. The Balaban J connectivity index is 1.36. The van der Waals surface area contributed by atoms with Crippen LogP contribution in [0.25, 0.3) is 0 Å². The second-order valence-electron chi connectivity index (χ2n) is 9.91. The number of aromatic nitrogens is 1. The molecule has 3 atom stereocenters. The molecule has 2 heterocycles. The zero-order chi connectivity index (χ0) is 24.5. The van der Waals surface area contributed by atoms with Crippen LogP contribution < -0.4 is 16.4 Å². The van der Waals surface area contributed by atoms with E-state index in [1.54, 1.807) is 24.5 Å². The van der Waals surface area contributed by atoms with Gasteiger partial charge in [-0.15, -0.1) is 0 Å². The number of nitrogens with zero attached hydrogens (tertiary/aromatic N) is 1. The quantitative estimate of drug-likeness (QED) is 0.398. The van der Waals surface area contributed by atoms with E-state index in [0.717, 1.165) is 29.5 Å². The zero-order valence-corrected chi connectivity index (χ0v) is 19.6. The fourth-order valence-electron chi connectivity index (χ4n) is 4.99. The van der Waals surface area contributed by atoms with Crippen LogP contribution in [0, 0.1) is 11.7 Å². The number of carbonyl (C=O) groups is 1. The predicted molar refractivity (Wildman–Crippen MR) is 133 cm³/mol. The number of amides is 1. The molecular weight excluding hydrogens is 443 g/mol. The topological polar surface area (TPSA) is 100 Å². The van der Waals surface area contributed by atoms with E-state index in [4.69, 9.17) is 5.73 Å². The van der Waals surface area contributed by atoms with Crippen LogP contribution in [-0.4, -0.2) is 28.6 Å². The summed E-state index contributed by atoms with van der Waals surface area (Å²) in [7, 11) is 0. The normalized spacial score (nSPS) is 23.6. The van der Waals surface area contributed by atoms with Crippen LogP contribution in [0.1, 0.15) is 48.8 Å². The van der Waals surface area contributed by atoms with E-state index in [1.165, 1.54) is 18.9 Å². The SMILES string of the molecule is NC(CCC1CC1)(c1ccncc1)c1ccc(F)c(NC(=O)C2CC(O)(c3ccccc3)CN2)c1. The average molecular weight is 475 g/mol. The highest BCUT2D eigenvalue weighted by Gasteiger charge is 2.41. The number of aliphatic hydroxyl groups is 1. The standard InChI is InChI=1S/C28H31FN4O2/c29-23-9-8-22(28(30,13-10-19-6-7-19)21-11-14-31-15-12-21)16-24(23)33-26(34)25-17-27(35,18-32-25)20-4-2-1-3-5-20/h1-5,8-9,11-12,14-16,19,25,32,35H,6-7,10,13,17-18,30H2,(H,33,34). The maximum Gasteiger partial charge on any atom is 0.241 e. The number of hydrogen-bond acceptors (Lipinski definition) is 5. The van der Waals surface area contributed by atoms with Crippen molar-refractivity contribution in [2.45, 2.75) is 49.3 Å². The monoisotopic (exact) mass is 474 g/mol. The molecule has 7 heteroatoms. The van der Waals surface area contributed by atoms with E-state index in [0.29, 0.717) is 5.92 Å². The number of nitrogens with two attached hydrogens (primary N) is 1. The van der Waals surface area contributed by atoms with Gasteiger partial charge in [0.2, 0.25) is 5.91 Å². The Morgan fingerprint density at radius 3 is 2.60 bits per heavy atom. The first kappa shape index (κ1) is 23.6. The predicted octanol–water partition coefficient (Wildman–Crippen LogP) is 3.80. The van der Waals surface area contributed by atoms with Gasteiger partial charge >= 0.3 is 0 Å². The lowest BCUT2D eigenvalue weighted by atomic mass is 9.79. The van der Waals surface area contributed by atoms with Crippen LogP contribution >= 0.6 is 0 Å². The number of nitrogens with one attached hydrogen (secondary N) is 2. The van der Waals surface area contributed by atoms with Crippen molar-refractivity contribution >= 4 is 11.6 Å². The molecule has 1 aliphatic carbocycles. The van der Waals surface area contributed by atoms with E-state index >= 15 is 0 Å². The van der Waals surface area contributed by atoms with Crippen molar-refractivity contribution in [3.8, 4) is 0 Å². The van der Waals surface area contributed by atoms with Crippen LogP contribution in [0.5, 0.6) is 0 Å². The summed E-state index contributed by atoms with van der Waals surface area (Å²) in [5, 5.41) is 16.9. The number of β-amino-alcohol motifs (C(OH)–C–C–N with tert-alkyl or cyclic N) is 1. The minimum absolute atomic E-state index is 0.0831. The fourth-order valence-corrected chi connectivity index (χ4v) is 4.99. The van der Waals surface area contributed by atoms with Gasteiger partial charge in [0.1, 0.15) is 11.4 Å². The molecule has 35 heavy (non-hydrogen) atoms. The van der Waals surface area contributed by atoms with Crippen LogP contribution in [0.2, 0.25) is 0 Å². The third-order valence-electron chi connectivity index (χ3n) is 7.39. The van der Waals surface area contributed by atoms with Gasteiger partial charge < -0.3 is 21.5 Å². The molecule has 1 amide bonds. The van der Waals surface area contributed by atoms with Crippen molar-refractivity contribution in [3.05, 3.63) is 95.6 Å². The summed E-state index contributed by atoms with van der Waals surface area (Å²) < 4.78 is 14.8. The summed E-state index contributed by atoms with van der Waals surface area (Å²) in [5.74, 6) is -0.230. The number of anilines is 1. The molecule has 1 saturated carbocycles. The van der Waals surface area contributed by atoms with Crippen LogP contribution in [-0.2, 0) is 15.9 Å². The first-order valence-corrected chi connectivity index (χ1v) is 12.2. The highest BCUT2D eigenvalue weighted by atomic mass is 19.1. The van der Waals surface area contributed by atoms with Gasteiger partial charge in [-0.3, -0.25) is 9.78 Å². The lowest BCUT2D eigenvalue weighted by Gasteiger charge is -2.31. The molecule has 6 nitrogen and oxygen atoms in total. The van der Waals surface area contributed by atoms with Crippen molar-refractivity contribution in [1.29, 1.82) is 0 Å². The van der Waals surface area contributed by atoms with Crippen LogP contribution in [0.4, 0.5) is 10.1 Å². The van der Waals surface area contributed by atoms with Crippen molar-refractivity contribution < 1.29 is 14.3 Å². The minimum Gasteiger partial charge on any atom is -0.384 e. The largest absolute Gasteiger partial charge is 0.384 e. The summed E-state index contributed by atoms with van der Waals surface area (Å²) >= 11 is 0. The Kier molecular flexibility index (Phi) is 6.40. The van der Waals surface area contributed by atoms with Crippen molar-refractivity contribution in [2.24, 2.45) is 11.7 Å². The molecule has 1 aromatic heterocycles. The number of carbonyl (C=O) groups excluding carboxylic acids is 1. The van der Waals surface area contributed by atoms with Gasteiger partial charge in [0, 0.05) is 25.4 Å². The highest BCUT2D eigenvalue weighted by molar-refractivity contribution is 5.95. The average Bonchev–Trinajstić information content (AvgIpc) is 3.64. The van der Waals surface area contributed by atoms with Gasteiger partial charge in [0.05, 0.1) is 17.3 Å². The van der Waals surface area contributed by atoms with Crippen molar-refractivity contribution in [1.82, 2.24) is 10.3 Å². The lowest BCUT2D eigenvalue weighted by Crippen LogP contribution is -2.39. The Labute approximate surface area is 204 Å². The maximum atomic E-state index is 14.8. The summed E-state index contributed by atoms with van der Waals surface area (Å²) in [5.41, 5.74) is 7.48. The Morgan fingerprint density at radius 2 is 1.89 bits per heavy atom. The Morgan fingerprint density at radius 1 is 1.14 bits per heavy atom. The van der Waals surface area contributed by atoms with Gasteiger partial charge in [-0.05, 0) is 59.7 Å². The van der Waals surface area contributed by atoms with Gasteiger partial charge in [0.15, 0.2) is 0 Å². The highest BCUT2D eigenvalue weighted by Crippen LogP contribution is 2.40. The molecule has 5 rings (SSSR count). The molecule has 1 aliphatic heterocycles. The maximum absolute atomic E-state index is 14.8. The van der Waals surface area contributed by atoms with Crippen LogP contribution in [0.15, 0.2) is 73.1 Å². The lowest BCUT2D eigenvalue weighted by molar-refractivity contribution is -0.118. The van der Waals surface area contributed by atoms with E-state index in [-0.39, 0.29) is 18.7 Å². The van der Waals surface area contributed by atoms with Gasteiger partial charge in [-0.1, -0.05) is 49.2 Å². The molecule has 182 valence electrons. The zero-order valence-electron chi connectivity index (χ0n) is 19.6. The van der Waals surface area contributed by atoms with E-state index < -0.39 is 28.9 Å². The number of pyridine rings is 1. The number of halogens is 1. The van der Waals surface area contributed by atoms with Gasteiger partial charge in [0.25, 0.3) is 0 Å². The molecular formula is C28H31FN4O2. The first-order valence-electron chi connectivity index (χ1n) is 12.2. The minimum atomic E-state index is -1.15. The second-order valence-corrected chi connectivity index (χ2v) is 9.91. The molecule has 0 spiro atoms. The summed E-state index contributed by atoms with van der Waals surface area (Å²) in [6.45, 7) is 0.243. The van der Waals surface area contributed by atoms with E-state index in [1.807, 2.05) is 42.5 Å². The molecule has 3 aromatic rings. The summed E-state index contributed by atoms with van der Waals surface area (Å²) in [6, 6.07) is 17.1. The molecule has 2 fully saturated rings. The van der Waals surface area contributed by atoms with Gasteiger partial charge in [-0.2, -0.15) is 0 Å². The van der Waals surface area contributed by atoms with Crippen molar-refractivity contribution in [3.63, 3.8) is 0 Å². The summed E-state index contributed by atoms with van der Waals surface area (Å²) in [4.78, 5) is 17.2. The Hall–Kier alpha value is -3.13. The molecule has 5 N–H and O–H groups in total. The van der Waals surface area contributed by atoms with Crippen LogP contribution in [0.3, 0.4) is 0 Å². The van der Waals surface area contributed by atoms with Gasteiger partial charge in [-0.25, -0.2) is 4.39 Å². The number of hydrogen-bond donors (Lipinski definition) is 4. The third kappa shape index (κ3) is 4.98. The molecule has 2 aromatic carbocycles. The molecule has 3 unspecified atom stereocenters.